The molecule has 158 valence electrons. The molecule has 0 heterocycles. The maximum atomic E-state index is 11.9. The van der Waals surface area contributed by atoms with Crippen LogP contribution in [-0.4, -0.2) is 16.7 Å². The van der Waals surface area contributed by atoms with Gasteiger partial charge in [0.25, 0.3) is 0 Å². The lowest BCUT2D eigenvalue weighted by Crippen LogP contribution is -2.18. The van der Waals surface area contributed by atoms with E-state index in [1.54, 1.807) is 0 Å². The summed E-state index contributed by atoms with van der Waals surface area (Å²) in [5.74, 6) is 0. The molecule has 0 saturated carbocycles. The van der Waals surface area contributed by atoms with Crippen LogP contribution in [-0.2, 0) is 9.09 Å². The smallest absolute Gasteiger partial charge is 0.324 e. The molecule has 3 nitrogen and oxygen atoms in total. The molecule has 0 fully saturated rings. The van der Waals surface area contributed by atoms with E-state index >= 15 is 0 Å². The molecule has 0 aliphatic rings. The predicted molar refractivity (Wildman–Crippen MR) is 115 cm³/mol. The minimum absolute atomic E-state index is 0.294. The molecule has 0 aromatic rings. The lowest BCUT2D eigenvalue weighted by atomic mass is 10.0. The van der Waals surface area contributed by atoms with E-state index in [0.717, 1.165) is 12.8 Å². The van der Waals surface area contributed by atoms with Crippen molar-refractivity contribution in [1.29, 1.82) is 0 Å². The molecule has 0 radical (unpaired) electrons. The van der Waals surface area contributed by atoms with Gasteiger partial charge in [-0.05, 0) is 27.2 Å². The molecule has 0 aromatic heterocycles. The minimum Gasteiger partial charge on any atom is -0.324 e. The Morgan fingerprint density at radius 1 is 0.654 bits per heavy atom. The summed E-state index contributed by atoms with van der Waals surface area (Å²) < 4.78 is 17.2. The zero-order chi connectivity index (χ0) is 19.7. The van der Waals surface area contributed by atoms with Crippen LogP contribution in [0.3, 0.4) is 0 Å². The van der Waals surface area contributed by atoms with Gasteiger partial charge >= 0.3 is 7.60 Å². The quantitative estimate of drug-likeness (QED) is 0.189. The van der Waals surface area contributed by atoms with Crippen molar-refractivity contribution in [2.24, 2.45) is 0 Å². The van der Waals surface area contributed by atoms with Gasteiger partial charge in [-0.25, -0.2) is 0 Å². The Labute approximate surface area is 164 Å². The van der Waals surface area contributed by atoms with Crippen LogP contribution in [0.4, 0.5) is 0 Å². The summed E-state index contributed by atoms with van der Waals surface area (Å²) in [4.78, 5) is 9.80. The van der Waals surface area contributed by atoms with E-state index in [1.807, 2.05) is 20.8 Å². The van der Waals surface area contributed by atoms with Gasteiger partial charge in [0.15, 0.2) is 0 Å². The van der Waals surface area contributed by atoms with Crippen molar-refractivity contribution < 1.29 is 14.0 Å². The largest absolute Gasteiger partial charge is 0.328 e. The van der Waals surface area contributed by atoms with Gasteiger partial charge in [0, 0.05) is 0 Å². The molecule has 0 saturated heterocycles. The summed E-state index contributed by atoms with van der Waals surface area (Å²) in [7, 11) is -3.40. The van der Waals surface area contributed by atoms with E-state index < -0.39 is 13.2 Å². The second kappa shape index (κ2) is 16.1. The highest BCUT2D eigenvalue weighted by Gasteiger charge is 2.26. The maximum absolute atomic E-state index is 11.9. The standard InChI is InChI=1S/C22H47O3P/c1-5-6-7-8-9-10-11-12-13-14-15-16-17-18-19-20-21-26(23,24)25-22(2,3)4/h5-21H2,1-4H3,(H,23,24). The second-order valence-corrected chi connectivity index (χ2v) is 10.8. The third-order valence-electron chi connectivity index (χ3n) is 4.71. The number of unbranched alkanes of at least 4 members (excludes halogenated alkanes) is 15. The number of hydrogen-bond acceptors (Lipinski definition) is 2. The highest BCUT2D eigenvalue weighted by atomic mass is 31.2. The van der Waals surface area contributed by atoms with Gasteiger partial charge in [0.05, 0.1) is 11.8 Å². The number of hydrogen-bond donors (Lipinski definition) is 1. The summed E-state index contributed by atoms with van der Waals surface area (Å²) in [6.45, 7) is 7.74. The summed E-state index contributed by atoms with van der Waals surface area (Å²) in [5.41, 5.74) is -0.542. The molecule has 1 atom stereocenters. The molecule has 0 amide bonds. The third kappa shape index (κ3) is 20.5. The summed E-state index contributed by atoms with van der Waals surface area (Å²) in [6.07, 6.45) is 21.3. The Morgan fingerprint density at radius 2 is 0.962 bits per heavy atom. The Hall–Kier alpha value is 0.150. The predicted octanol–water partition coefficient (Wildman–Crippen LogP) is 8.25. The van der Waals surface area contributed by atoms with E-state index in [0.29, 0.717) is 6.16 Å². The summed E-state index contributed by atoms with van der Waals surface area (Å²) >= 11 is 0. The van der Waals surface area contributed by atoms with Gasteiger partial charge in [-0.2, -0.15) is 0 Å². The zero-order valence-electron chi connectivity index (χ0n) is 18.2. The van der Waals surface area contributed by atoms with E-state index in [4.69, 9.17) is 4.52 Å². The van der Waals surface area contributed by atoms with Crippen LogP contribution in [0.2, 0.25) is 0 Å². The van der Waals surface area contributed by atoms with Gasteiger partial charge < -0.3 is 9.42 Å². The monoisotopic (exact) mass is 390 g/mol. The maximum Gasteiger partial charge on any atom is 0.328 e. The molecule has 0 aliphatic heterocycles. The molecule has 0 aliphatic carbocycles. The Bertz CT molecular complexity index is 350. The highest BCUT2D eigenvalue weighted by Crippen LogP contribution is 2.46. The zero-order valence-corrected chi connectivity index (χ0v) is 19.1. The van der Waals surface area contributed by atoms with Crippen LogP contribution < -0.4 is 0 Å². The SMILES string of the molecule is CCCCCCCCCCCCCCCCCCP(=O)(O)OC(C)(C)C. The summed E-state index contributed by atoms with van der Waals surface area (Å²) in [5, 5.41) is 0. The van der Waals surface area contributed by atoms with Crippen LogP contribution in [0.1, 0.15) is 130 Å². The van der Waals surface area contributed by atoms with Crippen LogP contribution in [0.25, 0.3) is 0 Å². The molecule has 1 N–H and O–H groups in total. The lowest BCUT2D eigenvalue weighted by molar-refractivity contribution is 0.111. The van der Waals surface area contributed by atoms with Crippen molar-refractivity contribution in [2.45, 2.75) is 136 Å². The minimum atomic E-state index is -3.40. The van der Waals surface area contributed by atoms with Crippen molar-refractivity contribution in [3.05, 3.63) is 0 Å². The second-order valence-electron chi connectivity index (χ2n) is 8.87. The molecule has 0 spiro atoms. The van der Waals surface area contributed by atoms with Crippen LogP contribution >= 0.6 is 7.60 Å². The van der Waals surface area contributed by atoms with E-state index in [1.165, 1.54) is 89.9 Å². The van der Waals surface area contributed by atoms with Gasteiger partial charge in [-0.15, -0.1) is 0 Å². The summed E-state index contributed by atoms with van der Waals surface area (Å²) in [6, 6.07) is 0. The Morgan fingerprint density at radius 3 is 1.27 bits per heavy atom. The number of rotatable bonds is 18. The molecule has 4 heteroatoms. The molecule has 26 heavy (non-hydrogen) atoms. The van der Waals surface area contributed by atoms with Crippen molar-refractivity contribution in [2.75, 3.05) is 6.16 Å². The fourth-order valence-corrected chi connectivity index (χ4v) is 4.90. The highest BCUT2D eigenvalue weighted by molar-refractivity contribution is 7.52. The molecule has 0 bridgehead atoms. The third-order valence-corrected chi connectivity index (χ3v) is 6.43. The topological polar surface area (TPSA) is 46.5 Å². The molecular formula is C22H47O3P. The van der Waals surface area contributed by atoms with Gasteiger partial charge in [-0.3, -0.25) is 4.57 Å². The van der Waals surface area contributed by atoms with Gasteiger partial charge in [-0.1, -0.05) is 103 Å². The molecule has 0 rings (SSSR count). The average molecular weight is 391 g/mol. The first-order valence-electron chi connectivity index (χ1n) is 11.3. The van der Waals surface area contributed by atoms with Crippen molar-refractivity contribution in [3.63, 3.8) is 0 Å². The first-order valence-corrected chi connectivity index (χ1v) is 13.1. The Balaban J connectivity index is 3.26. The molecule has 1 unspecified atom stereocenters. The fraction of sp³-hybridized carbons (Fsp3) is 1.00. The fourth-order valence-electron chi connectivity index (χ4n) is 3.33. The van der Waals surface area contributed by atoms with Crippen molar-refractivity contribution >= 4 is 7.60 Å². The normalized spacial score (nSPS) is 14.5. The van der Waals surface area contributed by atoms with E-state index in [9.17, 15) is 9.46 Å². The van der Waals surface area contributed by atoms with Gasteiger partial charge in [0.2, 0.25) is 0 Å². The lowest BCUT2D eigenvalue weighted by Gasteiger charge is -2.23. The average Bonchev–Trinajstić information content (AvgIpc) is 2.52. The van der Waals surface area contributed by atoms with E-state index in [2.05, 4.69) is 6.92 Å². The molecule has 0 aromatic carbocycles. The van der Waals surface area contributed by atoms with E-state index in [-0.39, 0.29) is 0 Å². The first kappa shape index (κ1) is 26.1. The van der Waals surface area contributed by atoms with Crippen molar-refractivity contribution in [1.82, 2.24) is 0 Å². The Kier molecular flexibility index (Phi) is 16.2. The van der Waals surface area contributed by atoms with Crippen LogP contribution in [0.5, 0.6) is 0 Å². The van der Waals surface area contributed by atoms with Crippen LogP contribution in [0.15, 0.2) is 0 Å². The van der Waals surface area contributed by atoms with Crippen molar-refractivity contribution in [3.8, 4) is 0 Å². The van der Waals surface area contributed by atoms with Crippen LogP contribution in [0, 0.1) is 0 Å². The molecular weight excluding hydrogens is 343 g/mol. The first-order chi connectivity index (χ1) is 12.3. The van der Waals surface area contributed by atoms with Gasteiger partial charge in [0.1, 0.15) is 0 Å².